The molecule has 1 N–H and O–H groups in total. The number of carbonyl (C=O) groups is 2. The zero-order valence-corrected chi connectivity index (χ0v) is 16.5. The molecule has 0 aromatic heterocycles. The van der Waals surface area contributed by atoms with Crippen LogP contribution >= 0.6 is 0 Å². The van der Waals surface area contributed by atoms with Gasteiger partial charge < -0.3 is 9.80 Å². The number of carbonyl (C=O) groups excluding carboxylic acids is 2. The van der Waals surface area contributed by atoms with Gasteiger partial charge in [-0.3, -0.25) is 9.59 Å². The highest BCUT2D eigenvalue weighted by Gasteiger charge is 2.43. The summed E-state index contributed by atoms with van der Waals surface area (Å²) in [5.41, 5.74) is 4.60. The Morgan fingerprint density at radius 2 is 1.96 bits per heavy atom. The van der Waals surface area contributed by atoms with E-state index in [1.807, 2.05) is 4.90 Å². The van der Waals surface area contributed by atoms with Gasteiger partial charge in [-0.2, -0.15) is 5.10 Å². The van der Waals surface area contributed by atoms with Crippen LogP contribution in [-0.2, 0) is 16.0 Å². The number of nitrogens with one attached hydrogen (secondary N) is 1. The molecule has 3 heterocycles. The van der Waals surface area contributed by atoms with Gasteiger partial charge in [0.2, 0.25) is 5.91 Å². The van der Waals surface area contributed by atoms with Crippen LogP contribution in [0.25, 0.3) is 0 Å². The highest BCUT2D eigenvalue weighted by Crippen LogP contribution is 2.39. The van der Waals surface area contributed by atoms with Crippen molar-refractivity contribution in [3.63, 3.8) is 0 Å². The number of nitrogens with zero attached hydrogens (tertiary/aromatic N) is 3. The van der Waals surface area contributed by atoms with Crippen molar-refractivity contribution in [3.05, 3.63) is 35.9 Å². The summed E-state index contributed by atoms with van der Waals surface area (Å²) in [7, 11) is 0. The number of piperidine rings is 1. The van der Waals surface area contributed by atoms with Crippen LogP contribution in [0.3, 0.4) is 0 Å². The minimum absolute atomic E-state index is 0.0121. The number of hydrogen-bond acceptors (Lipinski definition) is 4. The van der Waals surface area contributed by atoms with Crippen LogP contribution in [0, 0.1) is 5.41 Å². The molecule has 0 aliphatic carbocycles. The molecule has 3 aliphatic heterocycles. The first kappa shape index (κ1) is 19.1. The van der Waals surface area contributed by atoms with Gasteiger partial charge in [0.25, 0.3) is 5.91 Å². The molecular weight excluding hydrogens is 352 g/mol. The zero-order valence-electron chi connectivity index (χ0n) is 16.5. The van der Waals surface area contributed by atoms with E-state index in [1.165, 1.54) is 31.4 Å². The Morgan fingerprint density at radius 1 is 1.11 bits per heavy atom. The van der Waals surface area contributed by atoms with E-state index in [0.717, 1.165) is 39.0 Å². The fourth-order valence-electron chi connectivity index (χ4n) is 4.90. The first-order valence-corrected chi connectivity index (χ1v) is 10.5. The van der Waals surface area contributed by atoms with E-state index in [-0.39, 0.29) is 17.2 Å². The number of likely N-dealkylation sites (tertiary alicyclic amines) is 2. The number of amides is 2. The quantitative estimate of drug-likeness (QED) is 0.849. The Kier molecular flexibility index (Phi) is 5.76. The van der Waals surface area contributed by atoms with Crippen molar-refractivity contribution in [3.8, 4) is 0 Å². The van der Waals surface area contributed by atoms with Gasteiger partial charge in [0.1, 0.15) is 5.71 Å². The molecular formula is C22H30N4O2. The summed E-state index contributed by atoms with van der Waals surface area (Å²) in [6.07, 6.45) is 6.62. The van der Waals surface area contributed by atoms with Crippen LogP contribution in [0.1, 0.15) is 44.1 Å². The molecule has 3 aliphatic rings. The Labute approximate surface area is 167 Å². The van der Waals surface area contributed by atoms with Crippen LogP contribution in [0.5, 0.6) is 0 Å². The van der Waals surface area contributed by atoms with Crippen LogP contribution in [0.4, 0.5) is 0 Å². The summed E-state index contributed by atoms with van der Waals surface area (Å²) < 4.78 is 0. The minimum Gasteiger partial charge on any atom is -0.337 e. The molecule has 1 atom stereocenters. The average Bonchev–Trinajstić information content (AvgIpc) is 3.12. The van der Waals surface area contributed by atoms with Gasteiger partial charge in [-0.15, -0.1) is 0 Å². The fraction of sp³-hybridized carbons (Fsp3) is 0.591. The maximum Gasteiger partial charge on any atom is 0.270 e. The van der Waals surface area contributed by atoms with Crippen LogP contribution in [0.15, 0.2) is 35.4 Å². The van der Waals surface area contributed by atoms with E-state index >= 15 is 0 Å². The molecule has 2 saturated heterocycles. The fourth-order valence-corrected chi connectivity index (χ4v) is 4.90. The molecule has 4 rings (SSSR count). The van der Waals surface area contributed by atoms with Crippen molar-refractivity contribution in [1.29, 1.82) is 0 Å². The molecule has 28 heavy (non-hydrogen) atoms. The Bertz CT molecular complexity index is 748. The normalized spacial score (nSPS) is 25.6. The number of hydrazone groups is 1. The lowest BCUT2D eigenvalue weighted by Gasteiger charge is -2.40. The molecule has 0 bridgehead atoms. The second kappa shape index (κ2) is 8.43. The van der Waals surface area contributed by atoms with Crippen molar-refractivity contribution in [1.82, 2.24) is 15.2 Å². The Morgan fingerprint density at radius 3 is 2.75 bits per heavy atom. The summed E-state index contributed by atoms with van der Waals surface area (Å²) >= 11 is 0. The highest BCUT2D eigenvalue weighted by molar-refractivity contribution is 6.39. The molecule has 6 nitrogen and oxygen atoms in total. The lowest BCUT2D eigenvalue weighted by Crippen LogP contribution is -2.46. The molecule has 2 amide bonds. The minimum atomic E-state index is -0.104. The Balaban J connectivity index is 1.29. The smallest absolute Gasteiger partial charge is 0.270 e. The van der Waals surface area contributed by atoms with E-state index in [1.54, 1.807) is 0 Å². The third kappa shape index (κ3) is 4.43. The van der Waals surface area contributed by atoms with E-state index in [0.29, 0.717) is 18.6 Å². The van der Waals surface area contributed by atoms with E-state index < -0.39 is 0 Å². The third-order valence-corrected chi connectivity index (χ3v) is 6.40. The SMILES string of the molecule is O=C1CCC(C(=O)N2CC[C@@]3(CCCN(CCCc4ccccc4)C3)C2)=NN1. The van der Waals surface area contributed by atoms with Crippen LogP contribution in [-0.4, -0.2) is 60.0 Å². The van der Waals surface area contributed by atoms with Gasteiger partial charge in [0.15, 0.2) is 0 Å². The number of rotatable bonds is 5. The van der Waals surface area contributed by atoms with E-state index in [2.05, 4.69) is 45.8 Å². The largest absolute Gasteiger partial charge is 0.337 e. The van der Waals surface area contributed by atoms with Gasteiger partial charge in [0.05, 0.1) is 0 Å². The molecule has 6 heteroatoms. The molecule has 0 saturated carbocycles. The van der Waals surface area contributed by atoms with Crippen molar-refractivity contribution in [2.45, 2.75) is 44.9 Å². The van der Waals surface area contributed by atoms with E-state index in [4.69, 9.17) is 0 Å². The average molecular weight is 383 g/mol. The lowest BCUT2D eigenvalue weighted by molar-refractivity contribution is -0.124. The molecule has 1 aromatic rings. The number of benzene rings is 1. The molecule has 1 aromatic carbocycles. The summed E-state index contributed by atoms with van der Waals surface area (Å²) in [4.78, 5) is 28.6. The van der Waals surface area contributed by atoms with Gasteiger partial charge in [-0.05, 0) is 50.8 Å². The molecule has 1 spiro atoms. The second-order valence-electron chi connectivity index (χ2n) is 8.54. The third-order valence-electron chi connectivity index (χ3n) is 6.40. The van der Waals surface area contributed by atoms with Crippen LogP contribution < -0.4 is 5.43 Å². The van der Waals surface area contributed by atoms with Gasteiger partial charge in [-0.25, -0.2) is 5.43 Å². The second-order valence-corrected chi connectivity index (χ2v) is 8.54. The monoisotopic (exact) mass is 382 g/mol. The van der Waals surface area contributed by atoms with Crippen molar-refractivity contribution >= 4 is 17.5 Å². The van der Waals surface area contributed by atoms with Gasteiger partial charge in [-0.1, -0.05) is 30.3 Å². The predicted molar refractivity (Wildman–Crippen MR) is 109 cm³/mol. The maximum atomic E-state index is 12.8. The Hall–Kier alpha value is -2.21. The van der Waals surface area contributed by atoms with Crippen molar-refractivity contribution in [2.75, 3.05) is 32.7 Å². The van der Waals surface area contributed by atoms with E-state index in [9.17, 15) is 9.59 Å². The summed E-state index contributed by atoms with van der Waals surface area (Å²) in [6, 6.07) is 10.7. The molecule has 2 fully saturated rings. The first-order chi connectivity index (χ1) is 13.6. The summed E-state index contributed by atoms with van der Waals surface area (Å²) in [5.74, 6) is -0.0917. The molecule has 0 radical (unpaired) electrons. The van der Waals surface area contributed by atoms with Gasteiger partial charge >= 0.3 is 0 Å². The summed E-state index contributed by atoms with van der Waals surface area (Å²) in [5, 5.41) is 3.99. The standard InChI is InChI=1S/C22H30N4O2/c27-20-10-9-19(23-24-20)21(28)26-15-12-22(17-26)11-5-14-25(16-22)13-4-8-18-6-2-1-3-7-18/h1-3,6-7H,4-5,8-17H2,(H,24,27)/t22-/m1/s1. The lowest BCUT2D eigenvalue weighted by atomic mass is 9.79. The van der Waals surface area contributed by atoms with Crippen molar-refractivity contribution in [2.24, 2.45) is 10.5 Å². The topological polar surface area (TPSA) is 65.0 Å². The predicted octanol–water partition coefficient (Wildman–Crippen LogP) is 2.20. The van der Waals surface area contributed by atoms with Crippen molar-refractivity contribution < 1.29 is 9.59 Å². The highest BCUT2D eigenvalue weighted by atomic mass is 16.2. The number of hydrogen-bond donors (Lipinski definition) is 1. The van der Waals surface area contributed by atoms with Crippen LogP contribution in [0.2, 0.25) is 0 Å². The van der Waals surface area contributed by atoms with Gasteiger partial charge in [0, 0.05) is 37.9 Å². The molecule has 150 valence electrons. The zero-order chi connectivity index (χ0) is 19.4. The first-order valence-electron chi connectivity index (χ1n) is 10.5. The molecule has 0 unspecified atom stereocenters. The summed E-state index contributed by atoms with van der Waals surface area (Å²) in [6.45, 7) is 5.03. The number of aryl methyl sites for hydroxylation is 1. The maximum absolute atomic E-state index is 12.8.